The first-order valence-electron chi connectivity index (χ1n) is 12.3. The predicted octanol–water partition coefficient (Wildman–Crippen LogP) is 3.45. The predicted molar refractivity (Wildman–Crippen MR) is 154 cm³/mol. The first-order valence-corrected chi connectivity index (χ1v) is 18.5. The molecule has 5 rings (SSSR count). The van der Waals surface area contributed by atoms with Crippen LogP contribution in [0.15, 0.2) is 133 Å². The van der Waals surface area contributed by atoms with E-state index in [1.165, 1.54) is 0 Å². The molecule has 0 saturated heterocycles. The maximum atomic E-state index is 14.2. The molecule has 0 spiro atoms. The van der Waals surface area contributed by atoms with E-state index in [2.05, 4.69) is 0 Å². The van der Waals surface area contributed by atoms with E-state index >= 15 is 0 Å². The molecule has 0 saturated carbocycles. The Balaban J connectivity index is 1.95. The number of nitrogens with zero attached hydrogens (tertiary/aromatic N) is 3. The van der Waals surface area contributed by atoms with Gasteiger partial charge in [0, 0.05) is 0 Å². The molecule has 10 nitrogen and oxygen atoms in total. The van der Waals surface area contributed by atoms with Crippen molar-refractivity contribution in [3.63, 3.8) is 0 Å². The first-order chi connectivity index (χ1) is 19.8. The van der Waals surface area contributed by atoms with Crippen LogP contribution >= 0.6 is 0 Å². The summed E-state index contributed by atoms with van der Waals surface area (Å²) in [5.41, 5.74) is -2.77. The molecule has 0 fully saturated rings. The van der Waals surface area contributed by atoms with E-state index in [9.17, 15) is 30.2 Å². The van der Waals surface area contributed by atoms with E-state index in [1.807, 2.05) is 121 Å². The summed E-state index contributed by atoms with van der Waals surface area (Å²) in [4.78, 5) is 35.5. The molecule has 5 aromatic rings. The van der Waals surface area contributed by atoms with E-state index < -0.39 is 50.5 Å². The molecule has 0 N–H and O–H groups in total. The summed E-state index contributed by atoms with van der Waals surface area (Å²) in [5, 5.41) is 36.5. The van der Waals surface area contributed by atoms with Crippen LogP contribution in [0.4, 0.5) is 17.1 Å². The van der Waals surface area contributed by atoms with Gasteiger partial charge in [0.15, 0.2) is 0 Å². The van der Waals surface area contributed by atoms with Crippen molar-refractivity contribution in [2.75, 3.05) is 0 Å². The Bertz CT molecular complexity index is 1580. The van der Waals surface area contributed by atoms with Gasteiger partial charge in [0.2, 0.25) is 0 Å². The van der Waals surface area contributed by atoms with Crippen LogP contribution in [0.3, 0.4) is 0 Å². The van der Waals surface area contributed by atoms with Crippen LogP contribution in [-0.2, 0) is 3.12 Å². The average Bonchev–Trinajstić information content (AvgIpc) is 3.01. The number of benzene rings is 5. The average molecular weight is 658 g/mol. The third-order valence-corrected chi connectivity index (χ3v) is 22.9. The molecule has 5 aromatic carbocycles. The van der Waals surface area contributed by atoms with Crippen molar-refractivity contribution in [3.05, 3.63) is 159 Å². The molecule has 0 radical (unpaired) electrons. The van der Waals surface area contributed by atoms with Crippen molar-refractivity contribution >= 4 is 48.9 Å². The summed E-state index contributed by atoms with van der Waals surface area (Å²) >= 11 is -5.84. The van der Waals surface area contributed by atoms with Gasteiger partial charge in [-0.15, -0.1) is 0 Å². The summed E-state index contributed by atoms with van der Waals surface area (Å²) in [6, 6.07) is 37.8. The van der Waals surface area contributed by atoms with E-state index in [0.717, 1.165) is 0 Å². The molecule has 0 atom stereocenters. The maximum absolute atomic E-state index is 14.2. The molecule has 41 heavy (non-hydrogen) atoms. The van der Waals surface area contributed by atoms with Crippen LogP contribution in [-0.4, -0.2) is 32.6 Å². The zero-order chi connectivity index (χ0) is 29.1. The van der Waals surface area contributed by atoms with E-state index in [-0.39, 0.29) is 4.92 Å². The molecule has 0 aromatic heterocycles. The summed E-state index contributed by atoms with van der Waals surface area (Å²) in [7, 11) is 0. The fourth-order valence-corrected chi connectivity index (χ4v) is 20.8. The second kappa shape index (κ2) is 10.8. The summed E-state index contributed by atoms with van der Waals surface area (Å²) in [6.45, 7) is 0. The normalized spacial score (nSPS) is 12.0. The van der Waals surface area contributed by atoms with E-state index in [0.29, 0.717) is 26.2 Å². The minimum absolute atomic E-state index is 0.0655. The molecule has 0 amide bonds. The topological polar surface area (TPSA) is 139 Å². The Morgan fingerprint density at radius 3 is 1.17 bits per heavy atom. The molecule has 0 aliphatic carbocycles. The van der Waals surface area contributed by atoms with Gasteiger partial charge in [-0.1, -0.05) is 0 Å². The first kappa shape index (κ1) is 27.5. The fourth-order valence-electron chi connectivity index (χ4n) is 5.09. The monoisotopic (exact) mass is 657 g/mol. The van der Waals surface area contributed by atoms with Crippen molar-refractivity contribution in [2.45, 2.75) is 0 Å². The van der Waals surface area contributed by atoms with Gasteiger partial charge in [-0.3, -0.25) is 0 Å². The van der Waals surface area contributed by atoms with Crippen LogP contribution < -0.4 is 19.1 Å². The molecule has 0 aliphatic heterocycles. The van der Waals surface area contributed by atoms with Crippen LogP contribution in [0.25, 0.3) is 0 Å². The number of rotatable bonds is 9. The molecule has 0 heterocycles. The number of non-ortho nitro benzene ring substituents is 1. The van der Waals surface area contributed by atoms with E-state index in [1.54, 1.807) is 0 Å². The second-order valence-corrected chi connectivity index (χ2v) is 21.3. The van der Waals surface area contributed by atoms with Crippen molar-refractivity contribution in [3.8, 4) is 5.75 Å². The van der Waals surface area contributed by atoms with Gasteiger partial charge < -0.3 is 0 Å². The second-order valence-electron chi connectivity index (χ2n) is 9.04. The Morgan fingerprint density at radius 1 is 0.512 bits per heavy atom. The van der Waals surface area contributed by atoms with Gasteiger partial charge in [0.05, 0.1) is 0 Å². The Hall–Kier alpha value is -5.08. The van der Waals surface area contributed by atoms with Gasteiger partial charge >= 0.3 is 236 Å². The standard InChI is InChI=1S/C6H3N3O7.4C6H5.Sb/c10-6-4(8(13)14)1-3(7(11)12)2-5(6)9(15)16;4*1-2-4-6-5-3-1;/h1-2,10H;4*1-5H;/q;;;;;+1/p-1. The zero-order valence-electron chi connectivity index (χ0n) is 21.3. The van der Waals surface area contributed by atoms with Gasteiger partial charge in [-0.25, -0.2) is 0 Å². The van der Waals surface area contributed by atoms with Crippen molar-refractivity contribution in [1.29, 1.82) is 0 Å². The summed E-state index contributed by atoms with van der Waals surface area (Å²) in [5.74, 6) is -1.30. The van der Waals surface area contributed by atoms with Gasteiger partial charge in [-0.05, 0) is 0 Å². The number of hydrogen-bond donors (Lipinski definition) is 0. The number of hydrogen-bond acceptors (Lipinski definition) is 7. The summed E-state index contributed by atoms with van der Waals surface area (Å²) in [6.07, 6.45) is 0. The van der Waals surface area contributed by atoms with Crippen molar-refractivity contribution in [1.82, 2.24) is 0 Å². The van der Waals surface area contributed by atoms with Gasteiger partial charge in [0.25, 0.3) is 0 Å². The number of nitro benzene ring substituents is 2. The Morgan fingerprint density at radius 2 is 0.854 bits per heavy atom. The van der Waals surface area contributed by atoms with Crippen molar-refractivity contribution in [2.24, 2.45) is 0 Å². The molecule has 0 aliphatic rings. The summed E-state index contributed by atoms with van der Waals surface area (Å²) < 4.78 is 9.40. The third kappa shape index (κ3) is 4.38. The molecule has 0 unspecified atom stereocenters. The Kier molecular flexibility index (Phi) is 7.26. The van der Waals surface area contributed by atoms with Gasteiger partial charge in [0.1, 0.15) is 0 Å². The van der Waals surface area contributed by atoms with E-state index in [4.69, 9.17) is 3.12 Å². The van der Waals surface area contributed by atoms with Crippen LogP contribution in [0, 0.1) is 25.1 Å². The van der Waals surface area contributed by atoms with Crippen LogP contribution in [0.5, 0.6) is 5.75 Å². The quantitative estimate of drug-likeness (QED) is 0.134. The molecular weight excluding hydrogens is 636 g/mol. The van der Waals surface area contributed by atoms with Crippen molar-refractivity contribution < 1.29 is 23.0 Å². The molecular formula is C30H22N3O7Sb. The molecule has 0 bridgehead atoms. The van der Waals surface area contributed by atoms with Crippen LogP contribution in [0.2, 0.25) is 0 Å². The third-order valence-electron chi connectivity index (χ3n) is 6.87. The SMILES string of the molecule is O=[N+]([O-])c1cc([N+](=O)[O-])c([O-])c([N+](=O)[O][Sb]([c]2ccccc2)([c]2ccccc2)([c]2ccccc2)[c]2ccccc2)c1. The van der Waals surface area contributed by atoms with Gasteiger partial charge in [-0.2, -0.15) is 0 Å². The molecule has 204 valence electrons. The Labute approximate surface area is 235 Å². The minimum atomic E-state index is -5.84. The van der Waals surface area contributed by atoms with Crippen LogP contribution in [0.1, 0.15) is 0 Å². The molecule has 11 heteroatoms. The zero-order valence-corrected chi connectivity index (χ0v) is 23.9. The fraction of sp³-hybridized carbons (Fsp3) is 0. The number of nitro groups is 2.